The van der Waals surface area contributed by atoms with E-state index < -0.39 is 0 Å². The standard InChI is InChI=1S/C12H18N2O2S/c1-9-11(17-8-13-9)5-7-14-6-3-4-10(14)12(15)16-2/h8,10H,3-7H2,1-2H3. The number of likely N-dealkylation sites (tertiary alicyclic amines) is 1. The number of carbonyl (C=O) groups is 1. The predicted molar refractivity (Wildman–Crippen MR) is 67.2 cm³/mol. The van der Waals surface area contributed by atoms with E-state index in [1.165, 1.54) is 12.0 Å². The van der Waals surface area contributed by atoms with Gasteiger partial charge in [0.25, 0.3) is 0 Å². The minimum atomic E-state index is -0.0940. The second-order valence-electron chi connectivity index (χ2n) is 4.33. The fourth-order valence-corrected chi connectivity index (χ4v) is 3.08. The third kappa shape index (κ3) is 2.84. The van der Waals surface area contributed by atoms with Gasteiger partial charge in [0.1, 0.15) is 6.04 Å². The minimum absolute atomic E-state index is 0.0340. The number of ether oxygens (including phenoxy) is 1. The first-order chi connectivity index (χ1) is 8.22. The fraction of sp³-hybridized carbons (Fsp3) is 0.667. The average Bonchev–Trinajstić information content (AvgIpc) is 2.94. The number of carbonyl (C=O) groups excluding carboxylic acids is 1. The molecule has 0 aliphatic carbocycles. The Kier molecular flexibility index (Phi) is 4.12. The van der Waals surface area contributed by atoms with Gasteiger partial charge in [-0.05, 0) is 32.7 Å². The van der Waals surface area contributed by atoms with E-state index in [9.17, 15) is 4.79 Å². The molecule has 2 heterocycles. The number of aryl methyl sites for hydroxylation is 1. The van der Waals surface area contributed by atoms with Gasteiger partial charge in [0.05, 0.1) is 18.3 Å². The van der Waals surface area contributed by atoms with Crippen LogP contribution in [-0.4, -0.2) is 42.1 Å². The second-order valence-corrected chi connectivity index (χ2v) is 5.27. The zero-order chi connectivity index (χ0) is 12.3. The van der Waals surface area contributed by atoms with E-state index in [4.69, 9.17) is 4.74 Å². The zero-order valence-electron chi connectivity index (χ0n) is 10.3. The van der Waals surface area contributed by atoms with Crippen LogP contribution < -0.4 is 0 Å². The number of esters is 1. The summed E-state index contributed by atoms with van der Waals surface area (Å²) < 4.78 is 4.83. The highest BCUT2D eigenvalue weighted by molar-refractivity contribution is 7.09. The molecule has 1 aliphatic rings. The quantitative estimate of drug-likeness (QED) is 0.766. The Morgan fingerprint density at radius 2 is 2.53 bits per heavy atom. The van der Waals surface area contributed by atoms with Gasteiger partial charge in [0.2, 0.25) is 0 Å². The Hall–Kier alpha value is -0.940. The number of aromatic nitrogens is 1. The molecule has 2 rings (SSSR count). The topological polar surface area (TPSA) is 42.4 Å². The van der Waals surface area contributed by atoms with Crippen molar-refractivity contribution >= 4 is 17.3 Å². The number of hydrogen-bond donors (Lipinski definition) is 0. The number of nitrogens with zero attached hydrogens (tertiary/aromatic N) is 2. The lowest BCUT2D eigenvalue weighted by atomic mass is 10.2. The van der Waals surface area contributed by atoms with Gasteiger partial charge in [0, 0.05) is 11.4 Å². The van der Waals surface area contributed by atoms with E-state index in [-0.39, 0.29) is 12.0 Å². The Morgan fingerprint density at radius 3 is 3.18 bits per heavy atom. The lowest BCUT2D eigenvalue weighted by molar-refractivity contribution is -0.145. The maximum Gasteiger partial charge on any atom is 0.323 e. The molecule has 0 radical (unpaired) electrons. The van der Waals surface area contributed by atoms with Crippen LogP contribution in [0.25, 0.3) is 0 Å². The minimum Gasteiger partial charge on any atom is -0.468 e. The highest BCUT2D eigenvalue weighted by Gasteiger charge is 2.30. The van der Waals surface area contributed by atoms with Crippen molar-refractivity contribution in [2.45, 2.75) is 32.2 Å². The summed E-state index contributed by atoms with van der Waals surface area (Å²) in [5, 5.41) is 0. The number of rotatable bonds is 4. The average molecular weight is 254 g/mol. The third-order valence-electron chi connectivity index (χ3n) is 3.31. The normalized spacial score (nSPS) is 20.7. The van der Waals surface area contributed by atoms with Crippen LogP contribution in [0, 0.1) is 6.92 Å². The first-order valence-electron chi connectivity index (χ1n) is 5.93. The molecule has 1 unspecified atom stereocenters. The Balaban J connectivity index is 1.90. The molecule has 1 atom stereocenters. The molecule has 1 saturated heterocycles. The molecular formula is C12H18N2O2S. The highest BCUT2D eigenvalue weighted by Crippen LogP contribution is 2.20. The summed E-state index contributed by atoms with van der Waals surface area (Å²) in [4.78, 5) is 19.4. The molecule has 0 saturated carbocycles. The Labute approximate surface area is 106 Å². The molecule has 4 nitrogen and oxygen atoms in total. The van der Waals surface area contributed by atoms with Crippen LogP contribution in [0.1, 0.15) is 23.4 Å². The summed E-state index contributed by atoms with van der Waals surface area (Å²) in [6.45, 7) is 3.95. The van der Waals surface area contributed by atoms with Gasteiger partial charge in [-0.25, -0.2) is 4.98 Å². The highest BCUT2D eigenvalue weighted by atomic mass is 32.1. The van der Waals surface area contributed by atoms with Gasteiger partial charge >= 0.3 is 5.97 Å². The Bertz CT molecular complexity index is 392. The second kappa shape index (κ2) is 5.60. The summed E-state index contributed by atoms with van der Waals surface area (Å²) >= 11 is 1.69. The molecule has 1 aromatic rings. The van der Waals surface area contributed by atoms with Crippen LogP contribution >= 0.6 is 11.3 Å². The predicted octanol–water partition coefficient (Wildman–Crippen LogP) is 1.63. The van der Waals surface area contributed by atoms with Crippen molar-refractivity contribution < 1.29 is 9.53 Å². The van der Waals surface area contributed by atoms with Crippen molar-refractivity contribution in [2.24, 2.45) is 0 Å². The number of hydrogen-bond acceptors (Lipinski definition) is 5. The summed E-state index contributed by atoms with van der Waals surface area (Å²) in [6, 6.07) is -0.0340. The van der Waals surface area contributed by atoms with E-state index >= 15 is 0 Å². The van der Waals surface area contributed by atoms with Gasteiger partial charge in [-0.2, -0.15) is 0 Å². The van der Waals surface area contributed by atoms with Crippen molar-refractivity contribution in [1.29, 1.82) is 0 Å². The Morgan fingerprint density at radius 1 is 1.71 bits per heavy atom. The van der Waals surface area contributed by atoms with Gasteiger partial charge in [-0.15, -0.1) is 11.3 Å². The molecule has 5 heteroatoms. The van der Waals surface area contributed by atoms with Crippen molar-refractivity contribution in [3.63, 3.8) is 0 Å². The molecule has 0 N–H and O–H groups in total. The van der Waals surface area contributed by atoms with Crippen LogP contribution in [0.4, 0.5) is 0 Å². The van der Waals surface area contributed by atoms with Crippen LogP contribution in [0.3, 0.4) is 0 Å². The smallest absolute Gasteiger partial charge is 0.323 e. The van der Waals surface area contributed by atoms with E-state index in [2.05, 4.69) is 9.88 Å². The summed E-state index contributed by atoms with van der Waals surface area (Å²) in [7, 11) is 1.46. The van der Waals surface area contributed by atoms with Crippen molar-refractivity contribution in [1.82, 2.24) is 9.88 Å². The largest absolute Gasteiger partial charge is 0.468 e. The molecule has 0 aromatic carbocycles. The summed E-state index contributed by atoms with van der Waals surface area (Å²) in [5.74, 6) is -0.0940. The van der Waals surface area contributed by atoms with E-state index in [0.717, 1.165) is 38.0 Å². The number of thiazole rings is 1. The number of methoxy groups -OCH3 is 1. The zero-order valence-corrected chi connectivity index (χ0v) is 11.1. The van der Waals surface area contributed by atoms with Crippen molar-refractivity contribution in [2.75, 3.05) is 20.2 Å². The van der Waals surface area contributed by atoms with Crippen molar-refractivity contribution in [3.8, 4) is 0 Å². The molecule has 0 amide bonds. The SMILES string of the molecule is COC(=O)C1CCCN1CCc1scnc1C. The van der Waals surface area contributed by atoms with Crippen LogP contribution in [0.5, 0.6) is 0 Å². The van der Waals surface area contributed by atoms with E-state index in [1.807, 2.05) is 12.4 Å². The molecular weight excluding hydrogens is 236 g/mol. The van der Waals surface area contributed by atoms with Gasteiger partial charge < -0.3 is 4.74 Å². The van der Waals surface area contributed by atoms with E-state index in [0.29, 0.717) is 0 Å². The van der Waals surface area contributed by atoms with Gasteiger partial charge in [0.15, 0.2) is 0 Å². The molecule has 17 heavy (non-hydrogen) atoms. The molecule has 0 bridgehead atoms. The first-order valence-corrected chi connectivity index (χ1v) is 6.81. The molecule has 0 spiro atoms. The van der Waals surface area contributed by atoms with Gasteiger partial charge in [-0.1, -0.05) is 0 Å². The molecule has 94 valence electrons. The summed E-state index contributed by atoms with van der Waals surface area (Å²) in [6.07, 6.45) is 2.99. The lowest BCUT2D eigenvalue weighted by Gasteiger charge is -2.21. The maximum absolute atomic E-state index is 11.6. The van der Waals surface area contributed by atoms with Gasteiger partial charge in [-0.3, -0.25) is 9.69 Å². The fourth-order valence-electron chi connectivity index (χ4n) is 2.31. The van der Waals surface area contributed by atoms with Crippen LogP contribution in [0.2, 0.25) is 0 Å². The van der Waals surface area contributed by atoms with Crippen LogP contribution in [0.15, 0.2) is 5.51 Å². The van der Waals surface area contributed by atoms with Crippen molar-refractivity contribution in [3.05, 3.63) is 16.1 Å². The molecule has 1 fully saturated rings. The lowest BCUT2D eigenvalue weighted by Crippen LogP contribution is -2.38. The molecule has 1 aromatic heterocycles. The third-order valence-corrected chi connectivity index (χ3v) is 4.30. The summed E-state index contributed by atoms with van der Waals surface area (Å²) in [5.41, 5.74) is 3.00. The maximum atomic E-state index is 11.6. The van der Waals surface area contributed by atoms with Crippen LogP contribution in [-0.2, 0) is 16.0 Å². The van der Waals surface area contributed by atoms with E-state index in [1.54, 1.807) is 11.3 Å². The molecule has 1 aliphatic heterocycles. The monoisotopic (exact) mass is 254 g/mol. The first kappa shape index (κ1) is 12.5.